The van der Waals surface area contributed by atoms with Crippen molar-refractivity contribution in [2.45, 2.75) is 44.3 Å². The van der Waals surface area contributed by atoms with Crippen molar-refractivity contribution in [2.24, 2.45) is 17.8 Å². The van der Waals surface area contributed by atoms with Gasteiger partial charge in [0.25, 0.3) is 0 Å². The zero-order valence-corrected chi connectivity index (χ0v) is 10.6. The third-order valence-corrected chi connectivity index (χ3v) is 4.78. The Morgan fingerprint density at radius 3 is 2.28 bits per heavy atom. The summed E-state index contributed by atoms with van der Waals surface area (Å²) in [6.45, 7) is 0. The van der Waals surface area contributed by atoms with Crippen molar-refractivity contribution in [1.29, 1.82) is 0 Å². The third-order valence-electron chi connectivity index (χ3n) is 4.78. The second kappa shape index (κ2) is 3.99. The molecule has 3 unspecified atom stereocenters. The summed E-state index contributed by atoms with van der Waals surface area (Å²) >= 11 is 0. The Hall–Kier alpha value is -1.02. The highest BCUT2D eigenvalue weighted by Crippen LogP contribution is 2.57. The molecule has 0 spiro atoms. The third kappa shape index (κ3) is 2.03. The van der Waals surface area contributed by atoms with Crippen LogP contribution in [0.1, 0.15) is 43.8 Å². The van der Waals surface area contributed by atoms with E-state index in [1.54, 1.807) is 0 Å². The van der Waals surface area contributed by atoms with Gasteiger partial charge in [0.05, 0.1) is 12.2 Å². The van der Waals surface area contributed by atoms with E-state index in [2.05, 4.69) is 0 Å². The monoisotopic (exact) mass is 244 g/mol. The first kappa shape index (κ1) is 10.9. The van der Waals surface area contributed by atoms with Crippen molar-refractivity contribution in [2.75, 3.05) is 0 Å². The Bertz CT molecular complexity index is 425. The van der Waals surface area contributed by atoms with Crippen LogP contribution in [0.4, 0.5) is 0 Å². The van der Waals surface area contributed by atoms with Gasteiger partial charge >= 0.3 is 0 Å². The lowest BCUT2D eigenvalue weighted by atomic mass is 9.92. The lowest BCUT2D eigenvalue weighted by molar-refractivity contribution is 0.104. The van der Waals surface area contributed by atoms with E-state index in [1.807, 2.05) is 24.3 Å². The number of rotatable bonds is 4. The zero-order valence-electron chi connectivity index (χ0n) is 10.6. The van der Waals surface area contributed by atoms with Gasteiger partial charge in [-0.05, 0) is 67.6 Å². The van der Waals surface area contributed by atoms with Crippen LogP contribution in [0.15, 0.2) is 24.3 Å². The molecule has 1 aromatic carbocycles. The topological polar surface area (TPSA) is 29.5 Å². The summed E-state index contributed by atoms with van der Waals surface area (Å²) in [5, 5.41) is 10.4. The van der Waals surface area contributed by atoms with Crippen molar-refractivity contribution in [3.05, 3.63) is 29.8 Å². The number of fused-ring (bicyclic) bond motifs is 1. The molecule has 3 saturated carbocycles. The summed E-state index contributed by atoms with van der Waals surface area (Å²) in [7, 11) is 0. The summed E-state index contributed by atoms with van der Waals surface area (Å²) in [4.78, 5) is 0. The van der Waals surface area contributed by atoms with E-state index in [9.17, 15) is 5.11 Å². The van der Waals surface area contributed by atoms with Gasteiger partial charge in [0.1, 0.15) is 5.75 Å². The maximum Gasteiger partial charge on any atom is 0.119 e. The maximum absolute atomic E-state index is 10.4. The van der Waals surface area contributed by atoms with Crippen molar-refractivity contribution < 1.29 is 9.84 Å². The van der Waals surface area contributed by atoms with Crippen LogP contribution in [0.5, 0.6) is 5.75 Å². The molecule has 2 heteroatoms. The van der Waals surface area contributed by atoms with Crippen molar-refractivity contribution >= 4 is 0 Å². The fourth-order valence-electron chi connectivity index (χ4n) is 3.41. The molecule has 0 aliphatic heterocycles. The second-order valence-corrected chi connectivity index (χ2v) is 6.32. The largest absolute Gasteiger partial charge is 0.490 e. The minimum absolute atomic E-state index is 0.271. The Morgan fingerprint density at radius 2 is 1.67 bits per heavy atom. The van der Waals surface area contributed by atoms with E-state index in [0.29, 0.717) is 12.0 Å². The fraction of sp³-hybridized carbons (Fsp3) is 0.625. The van der Waals surface area contributed by atoms with Gasteiger partial charge in [-0.1, -0.05) is 12.1 Å². The van der Waals surface area contributed by atoms with Crippen LogP contribution in [0, 0.1) is 17.8 Å². The molecule has 1 aromatic rings. The number of ether oxygens (including phenoxy) is 1. The van der Waals surface area contributed by atoms with E-state index in [-0.39, 0.29) is 6.10 Å². The number of hydrogen-bond acceptors (Lipinski definition) is 2. The van der Waals surface area contributed by atoms with Crippen LogP contribution in [0.2, 0.25) is 0 Å². The standard InChI is InChI=1S/C16H20O2/c17-16(13-8-11-7-12(11)9-13)10-1-3-14(4-2-10)18-15-5-6-15/h1-4,11-13,15-17H,5-9H2. The molecule has 0 heterocycles. The molecular formula is C16H20O2. The molecule has 0 radical (unpaired) electrons. The van der Waals surface area contributed by atoms with Crippen molar-refractivity contribution in [3.8, 4) is 5.75 Å². The van der Waals surface area contributed by atoms with Crippen LogP contribution >= 0.6 is 0 Å². The van der Waals surface area contributed by atoms with Gasteiger partial charge in [0, 0.05) is 0 Å². The molecule has 3 aliphatic carbocycles. The summed E-state index contributed by atoms with van der Waals surface area (Å²) in [5.41, 5.74) is 1.06. The average Bonchev–Trinajstić information content (AvgIpc) is 3.31. The highest BCUT2D eigenvalue weighted by molar-refractivity contribution is 5.29. The summed E-state index contributed by atoms with van der Waals surface area (Å²) < 4.78 is 5.73. The Labute approximate surface area is 108 Å². The zero-order chi connectivity index (χ0) is 12.1. The smallest absolute Gasteiger partial charge is 0.119 e. The molecule has 0 saturated heterocycles. The highest BCUT2D eigenvalue weighted by Gasteiger charge is 2.47. The minimum atomic E-state index is -0.271. The summed E-state index contributed by atoms with van der Waals surface area (Å²) in [6, 6.07) is 8.08. The lowest BCUT2D eigenvalue weighted by Gasteiger charge is -2.20. The molecule has 0 aromatic heterocycles. The molecule has 3 fully saturated rings. The first-order valence-electron chi connectivity index (χ1n) is 7.24. The first-order valence-corrected chi connectivity index (χ1v) is 7.24. The van der Waals surface area contributed by atoms with E-state index in [0.717, 1.165) is 23.1 Å². The molecule has 4 rings (SSSR count). The van der Waals surface area contributed by atoms with Crippen LogP contribution in [0.25, 0.3) is 0 Å². The normalized spacial score (nSPS) is 35.1. The Morgan fingerprint density at radius 1 is 1.00 bits per heavy atom. The van der Waals surface area contributed by atoms with Gasteiger partial charge in [-0.3, -0.25) is 0 Å². The molecule has 0 amide bonds. The van der Waals surface area contributed by atoms with Crippen molar-refractivity contribution in [1.82, 2.24) is 0 Å². The quantitative estimate of drug-likeness (QED) is 0.880. The van der Waals surface area contributed by atoms with Crippen LogP contribution in [-0.4, -0.2) is 11.2 Å². The van der Waals surface area contributed by atoms with Gasteiger partial charge in [0.2, 0.25) is 0 Å². The Kier molecular flexibility index (Phi) is 2.41. The Balaban J connectivity index is 1.43. The van der Waals surface area contributed by atoms with Crippen molar-refractivity contribution in [3.63, 3.8) is 0 Å². The first-order chi connectivity index (χ1) is 8.79. The SMILES string of the molecule is OC(c1ccc(OC2CC2)cc1)C1CC2CC2C1. The molecule has 0 bridgehead atoms. The van der Waals surface area contributed by atoms with Crippen LogP contribution in [-0.2, 0) is 0 Å². The minimum Gasteiger partial charge on any atom is -0.490 e. The van der Waals surface area contributed by atoms with E-state index in [4.69, 9.17) is 4.74 Å². The fourth-order valence-corrected chi connectivity index (χ4v) is 3.41. The number of hydrogen-bond donors (Lipinski definition) is 1. The van der Waals surface area contributed by atoms with E-state index in [1.165, 1.54) is 32.1 Å². The predicted octanol–water partition coefficient (Wildman–Crippen LogP) is 3.31. The predicted molar refractivity (Wildman–Crippen MR) is 69.4 cm³/mol. The number of aliphatic hydroxyl groups is 1. The molecule has 18 heavy (non-hydrogen) atoms. The highest BCUT2D eigenvalue weighted by atomic mass is 16.5. The maximum atomic E-state index is 10.4. The molecule has 3 atom stereocenters. The second-order valence-electron chi connectivity index (χ2n) is 6.32. The van der Waals surface area contributed by atoms with Crippen LogP contribution in [0.3, 0.4) is 0 Å². The molecule has 1 N–H and O–H groups in total. The van der Waals surface area contributed by atoms with Gasteiger partial charge in [-0.25, -0.2) is 0 Å². The summed E-state index contributed by atoms with van der Waals surface area (Å²) in [6.07, 6.45) is 6.43. The van der Waals surface area contributed by atoms with Gasteiger partial charge < -0.3 is 9.84 Å². The van der Waals surface area contributed by atoms with Gasteiger partial charge in [-0.15, -0.1) is 0 Å². The lowest BCUT2D eigenvalue weighted by Crippen LogP contribution is -2.10. The number of aliphatic hydroxyl groups excluding tert-OH is 1. The van der Waals surface area contributed by atoms with Gasteiger partial charge in [-0.2, -0.15) is 0 Å². The molecule has 3 aliphatic rings. The molecular weight excluding hydrogens is 224 g/mol. The number of benzene rings is 1. The summed E-state index contributed by atoms with van der Waals surface area (Å²) in [5.74, 6) is 3.30. The molecule has 2 nitrogen and oxygen atoms in total. The van der Waals surface area contributed by atoms with E-state index < -0.39 is 0 Å². The molecule has 96 valence electrons. The average molecular weight is 244 g/mol. The van der Waals surface area contributed by atoms with Gasteiger partial charge in [0.15, 0.2) is 0 Å². The van der Waals surface area contributed by atoms with Crippen LogP contribution < -0.4 is 4.74 Å². The van der Waals surface area contributed by atoms with E-state index >= 15 is 0 Å².